The van der Waals surface area contributed by atoms with E-state index in [1.807, 2.05) is 0 Å². The second kappa shape index (κ2) is 13.4. The Kier molecular flexibility index (Phi) is 15.2. The molecule has 0 aliphatic rings. The summed E-state index contributed by atoms with van der Waals surface area (Å²) in [6.45, 7) is 0. The van der Waals surface area contributed by atoms with Crippen molar-refractivity contribution in [2.75, 3.05) is 5.75 Å². The Bertz CT molecular complexity index is 285. The van der Waals surface area contributed by atoms with Gasteiger partial charge in [0.2, 0.25) is 6.43 Å². The number of alkyl halides is 2. The van der Waals surface area contributed by atoms with Crippen molar-refractivity contribution in [1.82, 2.24) is 0 Å². The van der Waals surface area contributed by atoms with Gasteiger partial charge in [-0.3, -0.25) is 0 Å². The summed E-state index contributed by atoms with van der Waals surface area (Å²) in [5.74, 6) is -0.263. The Morgan fingerprint density at radius 3 is 1.53 bits per heavy atom. The van der Waals surface area contributed by atoms with E-state index in [9.17, 15) is 21.8 Å². The average molecular weight is 292 g/mol. The van der Waals surface area contributed by atoms with Crippen LogP contribution in [0.3, 0.4) is 0 Å². The van der Waals surface area contributed by atoms with Gasteiger partial charge >= 0.3 is 18.9 Å². The van der Waals surface area contributed by atoms with E-state index < -0.39 is 16.5 Å². The summed E-state index contributed by atoms with van der Waals surface area (Å²) in [6.07, 6.45) is 5.54. The van der Waals surface area contributed by atoms with Crippen LogP contribution in [-0.4, -0.2) is 25.1 Å². The third kappa shape index (κ3) is 20.8. The summed E-state index contributed by atoms with van der Waals surface area (Å²) in [5.41, 5.74) is 0. The SMILES string of the molecule is O=S(=O)([O-])CCCCCCCCCCCC(F)F.[Li+]. The van der Waals surface area contributed by atoms with E-state index >= 15 is 0 Å². The maximum atomic E-state index is 11.8. The van der Waals surface area contributed by atoms with Crippen LogP contribution >= 0.6 is 0 Å². The van der Waals surface area contributed by atoms with E-state index in [4.69, 9.17) is 0 Å². The molecule has 0 heterocycles. The maximum Gasteiger partial charge on any atom is 1.00 e. The molecule has 0 bridgehead atoms. The molecule has 0 aromatic rings. The van der Waals surface area contributed by atoms with Gasteiger partial charge in [-0.2, -0.15) is 0 Å². The van der Waals surface area contributed by atoms with Gasteiger partial charge in [0.25, 0.3) is 0 Å². The van der Waals surface area contributed by atoms with Gasteiger partial charge < -0.3 is 4.55 Å². The molecule has 0 spiro atoms. The van der Waals surface area contributed by atoms with Crippen LogP contribution in [0, 0.1) is 0 Å². The van der Waals surface area contributed by atoms with Crippen molar-refractivity contribution in [2.24, 2.45) is 0 Å². The predicted octanol–water partition coefficient (Wildman–Crippen LogP) is 0.702. The molecule has 0 fully saturated rings. The first kappa shape index (κ1) is 21.7. The van der Waals surface area contributed by atoms with Crippen molar-refractivity contribution in [2.45, 2.75) is 70.6 Å². The van der Waals surface area contributed by atoms with Gasteiger partial charge in [0.05, 0.1) is 10.1 Å². The molecule has 0 saturated carbocycles. The quantitative estimate of drug-likeness (QED) is 0.302. The van der Waals surface area contributed by atoms with Gasteiger partial charge in [0, 0.05) is 12.2 Å². The zero-order chi connectivity index (χ0) is 13.9. The van der Waals surface area contributed by atoms with E-state index in [1.54, 1.807) is 0 Å². The molecule has 0 aromatic carbocycles. The number of unbranched alkanes of at least 4 members (excludes halogenated alkanes) is 8. The van der Waals surface area contributed by atoms with E-state index in [0.717, 1.165) is 44.9 Å². The second-order valence-electron chi connectivity index (χ2n) is 4.62. The van der Waals surface area contributed by atoms with E-state index in [0.29, 0.717) is 12.8 Å². The molecule has 0 unspecified atom stereocenters. The Hall–Kier alpha value is 0.367. The summed E-state index contributed by atoms with van der Waals surface area (Å²) in [5, 5.41) is 0. The number of rotatable bonds is 12. The third-order valence-electron chi connectivity index (χ3n) is 2.82. The maximum absolute atomic E-state index is 11.8. The molecule has 0 amide bonds. The van der Waals surface area contributed by atoms with Crippen LogP contribution in [0.15, 0.2) is 0 Å². The molecule has 110 valence electrons. The van der Waals surface area contributed by atoms with Crippen LogP contribution < -0.4 is 18.9 Å². The minimum atomic E-state index is -4.05. The van der Waals surface area contributed by atoms with Crippen LogP contribution in [0.1, 0.15) is 64.2 Å². The first-order valence-electron chi connectivity index (χ1n) is 6.63. The zero-order valence-electron chi connectivity index (χ0n) is 11.7. The van der Waals surface area contributed by atoms with E-state index in [2.05, 4.69) is 0 Å². The standard InChI is InChI=1S/C12H24F2O3S.Li/c13-12(14)10-8-6-4-2-1-3-5-7-9-11-18(15,16)17;/h12H,1-11H2,(H,15,16,17);/q;+1/p-1. The van der Waals surface area contributed by atoms with Crippen molar-refractivity contribution in [3.8, 4) is 0 Å². The van der Waals surface area contributed by atoms with Crippen molar-refractivity contribution < 1.29 is 40.6 Å². The molecular weight excluding hydrogens is 269 g/mol. The van der Waals surface area contributed by atoms with Crippen LogP contribution in [0.5, 0.6) is 0 Å². The average Bonchev–Trinajstić information content (AvgIpc) is 2.24. The summed E-state index contributed by atoms with van der Waals surface area (Å²) in [4.78, 5) is 0. The molecule has 0 rings (SSSR count). The monoisotopic (exact) mass is 292 g/mol. The van der Waals surface area contributed by atoms with Gasteiger partial charge in [-0.1, -0.05) is 44.9 Å². The molecule has 3 nitrogen and oxygen atoms in total. The zero-order valence-corrected chi connectivity index (χ0v) is 12.6. The summed E-state index contributed by atoms with van der Waals surface area (Å²) < 4.78 is 54.5. The first-order valence-corrected chi connectivity index (χ1v) is 8.21. The Labute approximate surface area is 127 Å². The van der Waals surface area contributed by atoms with Crippen molar-refractivity contribution in [3.63, 3.8) is 0 Å². The largest absolute Gasteiger partial charge is 1.00 e. The number of halogens is 2. The van der Waals surface area contributed by atoms with Gasteiger partial charge in [-0.15, -0.1) is 0 Å². The number of hydrogen-bond donors (Lipinski definition) is 0. The van der Waals surface area contributed by atoms with E-state index in [-0.39, 0.29) is 31.0 Å². The Balaban J connectivity index is 0. The smallest absolute Gasteiger partial charge is 0.748 e. The Morgan fingerprint density at radius 2 is 1.16 bits per heavy atom. The van der Waals surface area contributed by atoms with Gasteiger partial charge in [-0.25, -0.2) is 17.2 Å². The third-order valence-corrected chi connectivity index (χ3v) is 3.61. The van der Waals surface area contributed by atoms with Crippen LogP contribution in [0.4, 0.5) is 8.78 Å². The topological polar surface area (TPSA) is 57.2 Å². The fourth-order valence-electron chi connectivity index (χ4n) is 1.81. The first-order chi connectivity index (χ1) is 8.42. The fourth-order valence-corrected chi connectivity index (χ4v) is 2.37. The molecule has 0 saturated heterocycles. The normalized spacial score (nSPS) is 11.6. The van der Waals surface area contributed by atoms with Crippen LogP contribution in [0.2, 0.25) is 0 Å². The molecule has 0 atom stereocenters. The molecule has 0 aliphatic carbocycles. The van der Waals surface area contributed by atoms with Gasteiger partial charge in [0.1, 0.15) is 0 Å². The molecule has 19 heavy (non-hydrogen) atoms. The van der Waals surface area contributed by atoms with Gasteiger partial charge in [0.15, 0.2) is 0 Å². The molecular formula is C12H23F2LiO3S. The minimum absolute atomic E-state index is 0. The van der Waals surface area contributed by atoms with Crippen molar-refractivity contribution in [1.29, 1.82) is 0 Å². The summed E-state index contributed by atoms with van der Waals surface area (Å²) in [7, 11) is -4.05. The predicted molar refractivity (Wildman–Crippen MR) is 66.7 cm³/mol. The van der Waals surface area contributed by atoms with E-state index in [1.165, 1.54) is 0 Å². The number of hydrogen-bond acceptors (Lipinski definition) is 3. The molecule has 7 heteroatoms. The molecule has 0 radical (unpaired) electrons. The Morgan fingerprint density at radius 1 is 0.789 bits per heavy atom. The molecule has 0 aliphatic heterocycles. The fraction of sp³-hybridized carbons (Fsp3) is 1.00. The van der Waals surface area contributed by atoms with Crippen LogP contribution in [-0.2, 0) is 10.1 Å². The molecule has 0 aromatic heterocycles. The van der Waals surface area contributed by atoms with Crippen molar-refractivity contribution >= 4 is 10.1 Å². The van der Waals surface area contributed by atoms with Gasteiger partial charge in [-0.05, 0) is 12.8 Å². The summed E-state index contributed by atoms with van der Waals surface area (Å²) >= 11 is 0. The second-order valence-corrected chi connectivity index (χ2v) is 6.15. The molecule has 0 N–H and O–H groups in total. The minimum Gasteiger partial charge on any atom is -0.748 e. The summed E-state index contributed by atoms with van der Waals surface area (Å²) in [6, 6.07) is 0. The van der Waals surface area contributed by atoms with Crippen molar-refractivity contribution in [3.05, 3.63) is 0 Å². The van der Waals surface area contributed by atoms with Crippen LogP contribution in [0.25, 0.3) is 0 Å².